The van der Waals surface area contributed by atoms with E-state index in [9.17, 15) is 41.1 Å². The van der Waals surface area contributed by atoms with Crippen LogP contribution < -0.4 is 15.1 Å². The number of aliphatic hydroxyl groups is 1. The van der Waals surface area contributed by atoms with E-state index in [2.05, 4.69) is 15.3 Å². The lowest BCUT2D eigenvalue weighted by Crippen LogP contribution is -2.51. The van der Waals surface area contributed by atoms with Gasteiger partial charge >= 0.3 is 18.4 Å². The Morgan fingerprint density at radius 1 is 0.917 bits per heavy atom. The Balaban J connectivity index is 1.20. The number of benzene rings is 1. The maximum Gasteiger partial charge on any atom is 0.416 e. The molecule has 1 saturated carbocycles. The predicted molar refractivity (Wildman–Crippen MR) is 209 cm³/mol. The summed E-state index contributed by atoms with van der Waals surface area (Å²) in [6.45, 7) is 10.6. The Morgan fingerprint density at radius 2 is 1.50 bits per heavy atom. The minimum atomic E-state index is -5.01. The summed E-state index contributed by atoms with van der Waals surface area (Å²) >= 11 is 0. The van der Waals surface area contributed by atoms with Crippen LogP contribution in [0.3, 0.4) is 0 Å². The van der Waals surface area contributed by atoms with Crippen molar-refractivity contribution < 1.29 is 59.3 Å². The number of piperazine rings is 1. The van der Waals surface area contributed by atoms with Crippen molar-refractivity contribution in [2.75, 3.05) is 49.1 Å². The zero-order chi connectivity index (χ0) is 44.6. The smallest absolute Gasteiger partial charge is 0.416 e. The van der Waals surface area contributed by atoms with Crippen molar-refractivity contribution in [2.24, 2.45) is 5.92 Å². The SMILES string of the molecule is Cc1cc(C(F)(F)C2CCC(N(C[C@H](O)C(F)(F)F)C(=O)OC(C)(C)C)CC2)nc(N2CCN(S(=O)(=O)c3ccc(N4C[C@H](NC(=O)OC(C)(C)C)CC4=O)cc3)CC2)n1. The highest BCUT2D eigenvalue weighted by Crippen LogP contribution is 2.44. The largest absolute Gasteiger partial charge is 0.444 e. The summed E-state index contributed by atoms with van der Waals surface area (Å²) in [7, 11) is -3.99. The number of aromatic nitrogens is 2. The number of rotatable bonds is 10. The van der Waals surface area contributed by atoms with Gasteiger partial charge in [-0.15, -0.1) is 0 Å². The molecule has 0 radical (unpaired) electrons. The van der Waals surface area contributed by atoms with Gasteiger partial charge in [0.1, 0.15) is 16.9 Å². The van der Waals surface area contributed by atoms with Gasteiger partial charge in [-0.3, -0.25) is 4.79 Å². The molecule has 0 bridgehead atoms. The number of aryl methyl sites for hydroxylation is 1. The van der Waals surface area contributed by atoms with Crippen LogP contribution >= 0.6 is 0 Å². The van der Waals surface area contributed by atoms with Crippen LogP contribution in [-0.4, -0.2) is 126 Å². The molecular weight excluding hydrogens is 822 g/mol. The van der Waals surface area contributed by atoms with Crippen LogP contribution in [0.15, 0.2) is 35.2 Å². The first-order chi connectivity index (χ1) is 27.6. The monoisotopic (exact) mass is 875 g/mol. The molecule has 1 aromatic carbocycles. The molecule has 3 fully saturated rings. The fourth-order valence-electron chi connectivity index (χ4n) is 7.41. The highest BCUT2D eigenvalue weighted by Gasteiger charge is 2.48. The number of carbonyl (C=O) groups is 3. The fraction of sp³-hybridized carbons (Fsp3) is 0.667. The third-order valence-corrected chi connectivity index (χ3v) is 12.3. The number of alkyl carbamates (subject to hydrolysis) is 1. The van der Waals surface area contributed by atoms with Crippen LogP contribution in [0.4, 0.5) is 43.2 Å². The number of ether oxygens (including phenoxy) is 2. The predicted octanol–water partition coefficient (Wildman–Crippen LogP) is 5.74. The van der Waals surface area contributed by atoms with Gasteiger partial charge in [-0.2, -0.15) is 26.3 Å². The summed E-state index contributed by atoms with van der Waals surface area (Å²) in [5.74, 6) is -5.01. The fourth-order valence-corrected chi connectivity index (χ4v) is 8.83. The second-order valence-corrected chi connectivity index (χ2v) is 19.4. The van der Waals surface area contributed by atoms with E-state index < -0.39 is 81.9 Å². The molecule has 21 heteroatoms. The number of anilines is 2. The van der Waals surface area contributed by atoms with E-state index in [1.807, 2.05) is 0 Å². The van der Waals surface area contributed by atoms with Gasteiger partial charge in [0.15, 0.2) is 6.10 Å². The van der Waals surface area contributed by atoms with Crippen LogP contribution in [-0.2, 0) is 30.2 Å². The number of aliphatic hydroxyl groups excluding tert-OH is 1. The summed E-state index contributed by atoms with van der Waals surface area (Å²) in [5.41, 5.74) is -1.60. The number of nitrogens with zero attached hydrogens (tertiary/aromatic N) is 6. The summed E-state index contributed by atoms with van der Waals surface area (Å²) in [6.07, 6.45) is -9.97. The van der Waals surface area contributed by atoms with Gasteiger partial charge in [-0.25, -0.2) is 28.0 Å². The molecule has 334 valence electrons. The van der Waals surface area contributed by atoms with Crippen molar-refractivity contribution in [3.8, 4) is 0 Å². The van der Waals surface area contributed by atoms with Gasteiger partial charge in [0.25, 0.3) is 5.92 Å². The molecular formula is C39H54F5N7O8S. The highest BCUT2D eigenvalue weighted by molar-refractivity contribution is 7.89. The molecule has 1 aliphatic carbocycles. The third kappa shape index (κ3) is 11.5. The van der Waals surface area contributed by atoms with Crippen molar-refractivity contribution in [1.82, 2.24) is 24.5 Å². The topological polar surface area (TPSA) is 175 Å². The molecule has 60 heavy (non-hydrogen) atoms. The number of hydrogen-bond acceptors (Lipinski definition) is 11. The molecule has 3 amide bonds. The van der Waals surface area contributed by atoms with Crippen molar-refractivity contribution in [3.05, 3.63) is 41.7 Å². The normalized spacial score (nSPS) is 21.8. The van der Waals surface area contributed by atoms with Crippen molar-refractivity contribution in [1.29, 1.82) is 0 Å². The van der Waals surface area contributed by atoms with Gasteiger partial charge in [-0.1, -0.05) is 0 Å². The number of amides is 3. The molecule has 3 heterocycles. The Bertz CT molecular complexity index is 1980. The quantitative estimate of drug-likeness (QED) is 0.279. The van der Waals surface area contributed by atoms with Crippen molar-refractivity contribution in [3.63, 3.8) is 0 Å². The van der Waals surface area contributed by atoms with Gasteiger partial charge in [0, 0.05) is 62.5 Å². The standard InChI is InChI=1S/C39H54F5N7O8S/c1-24-20-30(38(40,41)25-8-10-28(11-9-25)51(23-31(52)39(42,43)44)35(55)59-37(5,6)7)47-33(45-24)48-16-18-49(19-17-48)60(56,57)29-14-12-27(13-15-29)50-22-26(21-32(50)53)46-34(54)58-36(2,3)4/h12-15,20,25-26,28,31,52H,8-11,16-19,21-23H2,1-7H3,(H,46,54)/t25?,26-,28?,31+/m1/s1. The Morgan fingerprint density at radius 3 is 2.05 bits per heavy atom. The second-order valence-electron chi connectivity index (χ2n) is 17.4. The average Bonchev–Trinajstić information content (AvgIpc) is 3.50. The van der Waals surface area contributed by atoms with Crippen LogP contribution in [0.1, 0.15) is 85.0 Å². The average molecular weight is 876 g/mol. The summed E-state index contributed by atoms with van der Waals surface area (Å²) in [6, 6.07) is 5.61. The van der Waals surface area contributed by atoms with E-state index in [1.54, 1.807) is 25.7 Å². The molecule has 15 nitrogen and oxygen atoms in total. The van der Waals surface area contributed by atoms with Crippen molar-refractivity contribution >= 4 is 39.8 Å². The Kier molecular flexibility index (Phi) is 13.7. The van der Waals surface area contributed by atoms with Crippen LogP contribution in [0.2, 0.25) is 0 Å². The van der Waals surface area contributed by atoms with E-state index in [4.69, 9.17) is 9.47 Å². The maximum atomic E-state index is 16.2. The minimum absolute atomic E-state index is 0.00304. The number of sulfonamides is 1. The molecule has 0 spiro atoms. The zero-order valence-electron chi connectivity index (χ0n) is 34.8. The molecule has 0 unspecified atom stereocenters. The van der Waals surface area contributed by atoms with E-state index in [0.717, 1.165) is 4.90 Å². The van der Waals surface area contributed by atoms with Crippen LogP contribution in [0.5, 0.6) is 0 Å². The summed E-state index contributed by atoms with van der Waals surface area (Å²) < 4.78 is 111. The Hall–Kier alpha value is -4.37. The number of alkyl halides is 5. The molecule has 3 aliphatic rings. The molecule has 2 aliphatic heterocycles. The van der Waals surface area contributed by atoms with Crippen LogP contribution in [0.25, 0.3) is 0 Å². The molecule has 1 aromatic heterocycles. The molecule has 2 saturated heterocycles. The van der Waals surface area contributed by atoms with Gasteiger partial charge in [-0.05, 0) is 104 Å². The van der Waals surface area contributed by atoms with E-state index in [0.29, 0.717) is 5.69 Å². The van der Waals surface area contributed by atoms with E-state index >= 15 is 8.78 Å². The highest BCUT2D eigenvalue weighted by atomic mass is 32.2. The molecule has 2 N–H and O–H groups in total. The van der Waals surface area contributed by atoms with E-state index in [1.165, 1.54) is 67.2 Å². The first kappa shape index (κ1) is 46.7. The second kappa shape index (κ2) is 17.5. The maximum absolute atomic E-state index is 16.2. The number of nitrogens with one attached hydrogen (secondary N) is 1. The molecule has 2 aromatic rings. The van der Waals surface area contributed by atoms with Gasteiger partial charge in [0.05, 0.1) is 17.5 Å². The van der Waals surface area contributed by atoms with Crippen molar-refractivity contribution in [2.45, 2.75) is 127 Å². The first-order valence-electron chi connectivity index (χ1n) is 19.8. The number of carbonyl (C=O) groups excluding carboxylic acids is 3. The molecule has 2 atom stereocenters. The first-order valence-corrected chi connectivity index (χ1v) is 21.2. The summed E-state index contributed by atoms with van der Waals surface area (Å²) in [5, 5.41) is 12.4. The zero-order valence-corrected chi connectivity index (χ0v) is 35.6. The lowest BCUT2D eigenvalue weighted by Gasteiger charge is -2.40. The Labute approximate surface area is 346 Å². The number of halogens is 5. The van der Waals surface area contributed by atoms with Gasteiger partial charge < -0.3 is 34.6 Å². The van der Waals surface area contributed by atoms with E-state index in [-0.39, 0.29) is 87.3 Å². The number of hydrogen-bond donors (Lipinski definition) is 2. The third-order valence-electron chi connectivity index (χ3n) is 10.4. The summed E-state index contributed by atoms with van der Waals surface area (Å²) in [4.78, 5) is 50.3. The minimum Gasteiger partial charge on any atom is -0.444 e. The molecule has 5 rings (SSSR count). The van der Waals surface area contributed by atoms with Gasteiger partial charge in [0.2, 0.25) is 21.9 Å². The van der Waals surface area contributed by atoms with Crippen LogP contribution in [0, 0.1) is 12.8 Å². The lowest BCUT2D eigenvalue weighted by atomic mass is 9.80. The lowest BCUT2D eigenvalue weighted by molar-refractivity contribution is -0.208.